The fourth-order valence-electron chi connectivity index (χ4n) is 4.22. The van der Waals surface area contributed by atoms with Crippen LogP contribution in [0.4, 0.5) is 39.5 Å². The Labute approximate surface area is 155 Å². The summed E-state index contributed by atoms with van der Waals surface area (Å²) in [4.78, 5) is 0. The van der Waals surface area contributed by atoms with Crippen LogP contribution in [0, 0.1) is 0 Å². The minimum absolute atomic E-state index is 0.0652. The first-order chi connectivity index (χ1) is 11.8. The molecule has 1 saturated heterocycles. The lowest BCUT2D eigenvalue weighted by molar-refractivity contribution is -0.133. The zero-order chi connectivity index (χ0) is 21.4. The molecule has 1 rings (SSSR count). The van der Waals surface area contributed by atoms with Crippen LogP contribution in [-0.2, 0) is 4.43 Å². The van der Waals surface area contributed by atoms with Crippen molar-refractivity contribution in [3.63, 3.8) is 0 Å². The summed E-state index contributed by atoms with van der Waals surface area (Å²) in [6.07, 6.45) is -17.2. The number of halogens is 9. The summed E-state index contributed by atoms with van der Waals surface area (Å²) in [6.45, 7) is 5.02. The van der Waals surface area contributed by atoms with Gasteiger partial charge in [-0.2, -0.15) is 39.5 Å². The van der Waals surface area contributed by atoms with Gasteiger partial charge in [0, 0.05) is 25.9 Å². The Bertz CT molecular complexity index is 484. The average Bonchev–Trinajstić information content (AvgIpc) is 2.43. The third-order valence-electron chi connectivity index (χ3n) is 6.23. The predicted molar refractivity (Wildman–Crippen MR) is 92.1 cm³/mol. The molecule has 0 aliphatic carbocycles. The maximum absolute atomic E-state index is 12.9. The van der Waals surface area contributed by atoms with E-state index in [4.69, 9.17) is 4.43 Å². The number of hydrogen-bond acceptors (Lipinski definition) is 1. The molecule has 0 spiro atoms. The predicted octanol–water partition coefficient (Wildman–Crippen LogP) is 6.76. The van der Waals surface area contributed by atoms with Crippen LogP contribution in [0.5, 0.6) is 0 Å². The molecule has 13 heteroatoms. The van der Waals surface area contributed by atoms with Crippen LogP contribution in [0.3, 0.4) is 0 Å². The number of alkyl halides is 9. The molecule has 0 N–H and O–H groups in total. The molecule has 0 radical (unpaired) electrons. The van der Waals surface area contributed by atoms with E-state index in [1.165, 1.54) is 0 Å². The quantitative estimate of drug-likeness (QED) is 0.312. The minimum atomic E-state index is -4.54. The van der Waals surface area contributed by atoms with E-state index in [1.807, 2.05) is 0 Å². The molecule has 0 bridgehead atoms. The Balaban J connectivity index is 3.32. The largest absolute Gasteiger partial charge is 0.421 e. The highest BCUT2D eigenvalue weighted by Gasteiger charge is 2.64. The van der Waals surface area contributed by atoms with Crippen molar-refractivity contribution in [1.82, 2.24) is 0 Å². The molecule has 1 fully saturated rings. The first kappa shape index (κ1) is 25.0. The molecule has 1 atom stereocenters. The van der Waals surface area contributed by atoms with Crippen LogP contribution in [0.2, 0.25) is 43.8 Å². The lowest BCUT2D eigenvalue weighted by Gasteiger charge is -2.57. The van der Waals surface area contributed by atoms with E-state index in [2.05, 4.69) is 0 Å². The van der Waals surface area contributed by atoms with Gasteiger partial charge in [-0.25, -0.2) is 0 Å². The van der Waals surface area contributed by atoms with Gasteiger partial charge < -0.3 is 4.43 Å². The van der Waals surface area contributed by atoms with E-state index in [9.17, 15) is 39.5 Å². The maximum Gasteiger partial charge on any atom is 0.388 e. The summed E-state index contributed by atoms with van der Waals surface area (Å²) < 4.78 is 122. The maximum atomic E-state index is 12.9. The van der Waals surface area contributed by atoms with Gasteiger partial charge in [0.2, 0.25) is 0 Å². The monoisotopic (exact) mass is 464 g/mol. The van der Waals surface area contributed by atoms with E-state index in [1.54, 1.807) is 19.6 Å². The first-order valence-electron chi connectivity index (χ1n) is 8.67. The Morgan fingerprint density at radius 2 is 1.04 bits per heavy atom. The molecule has 162 valence electrons. The Hall–Kier alpha value is -0.0194. The summed E-state index contributed by atoms with van der Waals surface area (Å²) in [5, 5.41) is 0. The number of hydrogen-bond donors (Lipinski definition) is 0. The molecule has 1 unspecified atom stereocenters. The second kappa shape index (κ2) is 8.01. The third kappa shape index (κ3) is 6.77. The molecule has 0 aromatic heterocycles. The van der Waals surface area contributed by atoms with Crippen molar-refractivity contribution in [3.05, 3.63) is 0 Å². The van der Waals surface area contributed by atoms with E-state index in [0.29, 0.717) is 0 Å². The van der Waals surface area contributed by atoms with Crippen molar-refractivity contribution >= 4 is 22.5 Å². The van der Waals surface area contributed by atoms with E-state index in [0.717, 1.165) is 0 Å². The molecular weight excluding hydrogens is 439 g/mol. The van der Waals surface area contributed by atoms with Crippen LogP contribution >= 0.6 is 0 Å². The molecule has 1 aliphatic rings. The van der Waals surface area contributed by atoms with Gasteiger partial charge >= 0.3 is 18.5 Å². The zero-order valence-corrected chi connectivity index (χ0v) is 18.5. The van der Waals surface area contributed by atoms with Gasteiger partial charge in [-0.05, 0) is 19.1 Å². The van der Waals surface area contributed by atoms with Gasteiger partial charge in [0.15, 0.2) is 7.83 Å². The summed E-state index contributed by atoms with van der Waals surface area (Å²) >= 11 is 0. The molecule has 27 heavy (non-hydrogen) atoms. The fourth-order valence-corrected chi connectivity index (χ4v) is 43.8. The lowest BCUT2D eigenvalue weighted by atomic mass is 10.5. The molecule has 1 aliphatic heterocycles. The van der Waals surface area contributed by atoms with Crippen LogP contribution < -0.4 is 0 Å². The van der Waals surface area contributed by atoms with Crippen molar-refractivity contribution in [2.24, 2.45) is 0 Å². The summed E-state index contributed by atoms with van der Waals surface area (Å²) in [5.74, 6) is 0. The normalized spacial score (nSPS) is 26.2. The summed E-state index contributed by atoms with van der Waals surface area (Å²) in [6, 6.07) is -1.09. The molecular formula is C14H25F9OSi3. The molecule has 0 saturated carbocycles. The second-order valence-electron chi connectivity index (χ2n) is 8.07. The van der Waals surface area contributed by atoms with Crippen LogP contribution in [0.25, 0.3) is 0 Å². The third-order valence-corrected chi connectivity index (χ3v) is 46.3. The second-order valence-corrected chi connectivity index (χ2v) is 33.5. The van der Waals surface area contributed by atoms with Crippen molar-refractivity contribution < 1.29 is 43.9 Å². The van der Waals surface area contributed by atoms with Crippen molar-refractivity contribution in [1.29, 1.82) is 0 Å². The van der Waals surface area contributed by atoms with Gasteiger partial charge in [0.1, 0.15) is 0 Å². The van der Waals surface area contributed by atoms with E-state index in [-0.39, 0.29) is 18.7 Å². The van der Waals surface area contributed by atoms with Gasteiger partial charge in [-0.1, -0.05) is 24.7 Å². The van der Waals surface area contributed by atoms with Crippen molar-refractivity contribution in [3.8, 4) is 0 Å². The average molecular weight is 465 g/mol. The molecule has 0 aromatic carbocycles. The highest BCUT2D eigenvalue weighted by atomic mass is 29.6. The summed E-state index contributed by atoms with van der Waals surface area (Å²) in [5.41, 5.74) is 0. The van der Waals surface area contributed by atoms with Crippen LogP contribution in [0.15, 0.2) is 0 Å². The highest BCUT2D eigenvalue weighted by molar-refractivity contribution is 7.68. The van der Waals surface area contributed by atoms with Crippen molar-refractivity contribution in [2.75, 3.05) is 6.61 Å². The Kier molecular flexibility index (Phi) is 7.42. The van der Waals surface area contributed by atoms with Gasteiger partial charge in [-0.15, -0.1) is 0 Å². The van der Waals surface area contributed by atoms with Gasteiger partial charge in [0.25, 0.3) is 0 Å². The minimum Gasteiger partial charge on any atom is -0.421 e. The fraction of sp³-hybridized carbons (Fsp3) is 1.00. The molecule has 1 heterocycles. The van der Waals surface area contributed by atoms with Crippen LogP contribution in [-0.4, -0.2) is 47.7 Å². The number of rotatable bonds is 6. The molecule has 0 amide bonds. The first-order valence-corrected chi connectivity index (χ1v) is 18.9. The topological polar surface area (TPSA) is 9.23 Å². The SMILES string of the molecule is C[Si]1(C)OCC[Si](CCC(F)(F)F)(CCC(F)(F)F)[Si]1(C)CCC(F)(F)F. The zero-order valence-electron chi connectivity index (χ0n) is 15.5. The lowest BCUT2D eigenvalue weighted by Crippen LogP contribution is -2.78. The Morgan fingerprint density at radius 3 is 1.41 bits per heavy atom. The Morgan fingerprint density at radius 1 is 0.667 bits per heavy atom. The molecule has 0 aromatic rings. The smallest absolute Gasteiger partial charge is 0.388 e. The van der Waals surface area contributed by atoms with Crippen molar-refractivity contribution in [2.45, 2.75) is 81.6 Å². The van der Waals surface area contributed by atoms with E-state index < -0.39 is 72.4 Å². The van der Waals surface area contributed by atoms with Gasteiger partial charge in [0.05, 0.1) is 14.7 Å². The molecule has 1 nitrogen and oxygen atoms in total. The summed E-state index contributed by atoms with van der Waals surface area (Å²) in [7, 11) is -9.18. The van der Waals surface area contributed by atoms with E-state index >= 15 is 0 Å². The highest BCUT2D eigenvalue weighted by Crippen LogP contribution is 2.49. The van der Waals surface area contributed by atoms with Gasteiger partial charge in [-0.3, -0.25) is 0 Å². The standard InChI is InChI=1S/C14H25F9OSi3/c1-25(2)24-7-11-27(9-5-13(18,19)20,10-6-14(21,22)23)26(25,3)8-4-12(15,16)17/h4-11H2,1-3H3. The van der Waals surface area contributed by atoms with Crippen LogP contribution in [0.1, 0.15) is 19.3 Å².